The molecule has 1 fully saturated rings. The second-order valence-electron chi connectivity index (χ2n) is 5.84. The Bertz CT molecular complexity index is 743. The van der Waals surface area contributed by atoms with Crippen molar-refractivity contribution in [1.82, 2.24) is 9.88 Å². The Morgan fingerprint density at radius 3 is 2.52 bits per heavy atom. The number of nitrogens with zero attached hydrogens (tertiary/aromatic N) is 2. The van der Waals surface area contributed by atoms with Crippen LogP contribution < -0.4 is 10.1 Å². The van der Waals surface area contributed by atoms with Crippen molar-refractivity contribution < 1.29 is 19.4 Å². The number of urea groups is 1. The first kappa shape index (κ1) is 16.8. The quantitative estimate of drug-likeness (QED) is 0.891. The number of aromatic nitrogens is 1. The summed E-state index contributed by atoms with van der Waals surface area (Å²) in [5, 5.41) is 11.8. The number of carbonyl (C=O) groups excluding carboxylic acids is 1. The van der Waals surface area contributed by atoms with Gasteiger partial charge in [-0.05, 0) is 37.1 Å². The van der Waals surface area contributed by atoms with Crippen LogP contribution in [0, 0.1) is 5.92 Å². The van der Waals surface area contributed by atoms with Crippen LogP contribution >= 0.6 is 0 Å². The fourth-order valence-electron chi connectivity index (χ4n) is 2.71. The maximum atomic E-state index is 12.3. The molecule has 1 saturated heterocycles. The molecule has 130 valence electrons. The lowest BCUT2D eigenvalue weighted by Crippen LogP contribution is -2.42. The number of pyridine rings is 1. The topological polar surface area (TPSA) is 91.8 Å². The summed E-state index contributed by atoms with van der Waals surface area (Å²) < 4.78 is 5.72. The third-order valence-electron chi connectivity index (χ3n) is 4.10. The molecule has 0 saturated carbocycles. The van der Waals surface area contributed by atoms with Gasteiger partial charge in [0.15, 0.2) is 0 Å². The number of piperidine rings is 1. The summed E-state index contributed by atoms with van der Waals surface area (Å²) in [7, 11) is 0. The molecule has 3 rings (SSSR count). The van der Waals surface area contributed by atoms with Gasteiger partial charge in [-0.2, -0.15) is 0 Å². The monoisotopic (exact) mass is 341 g/mol. The molecule has 2 amide bonds. The highest BCUT2D eigenvalue weighted by atomic mass is 16.5. The second kappa shape index (κ2) is 7.65. The Morgan fingerprint density at radius 2 is 1.84 bits per heavy atom. The summed E-state index contributed by atoms with van der Waals surface area (Å²) in [5.74, 6) is 0.116. The summed E-state index contributed by atoms with van der Waals surface area (Å²) >= 11 is 0. The number of amides is 2. The number of carbonyl (C=O) groups is 2. The van der Waals surface area contributed by atoms with Crippen molar-refractivity contribution in [2.45, 2.75) is 12.8 Å². The molecule has 1 aromatic heterocycles. The first-order valence-corrected chi connectivity index (χ1v) is 8.08. The van der Waals surface area contributed by atoms with Gasteiger partial charge in [0.05, 0.1) is 5.92 Å². The van der Waals surface area contributed by atoms with Gasteiger partial charge in [-0.15, -0.1) is 0 Å². The molecule has 2 aromatic rings. The molecule has 0 aliphatic carbocycles. The van der Waals surface area contributed by atoms with Crippen LogP contribution in [-0.2, 0) is 4.79 Å². The van der Waals surface area contributed by atoms with Gasteiger partial charge in [-0.1, -0.05) is 6.07 Å². The molecule has 1 aliphatic heterocycles. The minimum atomic E-state index is -0.791. The van der Waals surface area contributed by atoms with Crippen LogP contribution in [0.4, 0.5) is 10.5 Å². The number of likely N-dealkylation sites (tertiary alicyclic amines) is 1. The van der Waals surface area contributed by atoms with Gasteiger partial charge in [0.25, 0.3) is 0 Å². The Morgan fingerprint density at radius 1 is 1.12 bits per heavy atom. The van der Waals surface area contributed by atoms with Gasteiger partial charge in [0.2, 0.25) is 0 Å². The maximum Gasteiger partial charge on any atom is 0.321 e. The predicted octanol–water partition coefficient (Wildman–Crippen LogP) is 3.20. The fourth-order valence-corrected chi connectivity index (χ4v) is 2.71. The number of rotatable bonds is 4. The highest BCUT2D eigenvalue weighted by Crippen LogP contribution is 2.24. The lowest BCUT2D eigenvalue weighted by atomic mass is 9.97. The molecule has 0 unspecified atom stereocenters. The number of nitrogens with one attached hydrogen (secondary N) is 1. The summed E-state index contributed by atoms with van der Waals surface area (Å²) in [4.78, 5) is 28.9. The van der Waals surface area contributed by atoms with Crippen molar-refractivity contribution in [3.8, 4) is 11.5 Å². The van der Waals surface area contributed by atoms with Crippen molar-refractivity contribution >= 4 is 17.7 Å². The number of anilines is 1. The van der Waals surface area contributed by atoms with Gasteiger partial charge in [-0.3, -0.25) is 9.78 Å². The van der Waals surface area contributed by atoms with E-state index in [0.29, 0.717) is 43.1 Å². The van der Waals surface area contributed by atoms with E-state index in [9.17, 15) is 9.59 Å². The molecule has 1 aliphatic rings. The SMILES string of the molecule is O=C(O)C1CCN(C(=O)Nc2cccc(Oc3ccncc3)c2)CC1. The van der Waals surface area contributed by atoms with Crippen LogP contribution in [0.25, 0.3) is 0 Å². The van der Waals surface area contributed by atoms with Crippen molar-refractivity contribution in [2.24, 2.45) is 5.92 Å². The zero-order valence-corrected chi connectivity index (χ0v) is 13.6. The average Bonchev–Trinajstić information content (AvgIpc) is 2.63. The van der Waals surface area contributed by atoms with Crippen LogP contribution in [0.5, 0.6) is 11.5 Å². The van der Waals surface area contributed by atoms with E-state index < -0.39 is 5.97 Å². The molecular weight excluding hydrogens is 322 g/mol. The Hall–Kier alpha value is -3.09. The Kier molecular flexibility index (Phi) is 5.13. The van der Waals surface area contributed by atoms with Gasteiger partial charge >= 0.3 is 12.0 Å². The van der Waals surface area contributed by atoms with E-state index >= 15 is 0 Å². The summed E-state index contributed by atoms with van der Waals surface area (Å²) in [6.07, 6.45) is 4.24. The van der Waals surface area contributed by atoms with E-state index in [2.05, 4.69) is 10.3 Å². The molecule has 7 nitrogen and oxygen atoms in total. The summed E-state index contributed by atoms with van der Waals surface area (Å²) in [5.41, 5.74) is 0.622. The molecule has 0 spiro atoms. The molecule has 0 radical (unpaired) electrons. The number of aliphatic carboxylic acids is 1. The molecule has 0 bridgehead atoms. The van der Waals surface area contributed by atoms with Crippen LogP contribution in [0.15, 0.2) is 48.8 Å². The molecular formula is C18H19N3O4. The Balaban J connectivity index is 1.58. The molecule has 0 atom stereocenters. The molecule has 7 heteroatoms. The highest BCUT2D eigenvalue weighted by Gasteiger charge is 2.26. The molecule has 2 heterocycles. The smallest absolute Gasteiger partial charge is 0.321 e. The normalized spacial score (nSPS) is 14.8. The third-order valence-corrected chi connectivity index (χ3v) is 4.10. The summed E-state index contributed by atoms with van der Waals surface area (Å²) in [6.45, 7) is 0.881. The number of ether oxygens (including phenoxy) is 1. The van der Waals surface area contributed by atoms with Crippen molar-refractivity contribution in [3.63, 3.8) is 0 Å². The van der Waals surface area contributed by atoms with E-state index in [-0.39, 0.29) is 11.9 Å². The standard InChI is InChI=1S/C18H19N3O4/c22-17(23)13-6-10-21(11-7-13)18(24)20-14-2-1-3-16(12-14)25-15-4-8-19-9-5-15/h1-5,8-9,12-13H,6-7,10-11H2,(H,20,24)(H,22,23). The van der Waals surface area contributed by atoms with E-state index in [1.165, 1.54) is 0 Å². The van der Waals surface area contributed by atoms with Crippen molar-refractivity contribution in [3.05, 3.63) is 48.8 Å². The predicted molar refractivity (Wildman–Crippen MR) is 91.7 cm³/mol. The second-order valence-corrected chi connectivity index (χ2v) is 5.84. The average molecular weight is 341 g/mol. The number of benzene rings is 1. The van der Waals surface area contributed by atoms with Crippen LogP contribution in [0.1, 0.15) is 12.8 Å². The number of hydrogen-bond acceptors (Lipinski definition) is 4. The van der Waals surface area contributed by atoms with E-state index in [4.69, 9.17) is 9.84 Å². The van der Waals surface area contributed by atoms with Gasteiger partial charge in [0, 0.05) is 37.2 Å². The minimum Gasteiger partial charge on any atom is -0.481 e. The first-order valence-electron chi connectivity index (χ1n) is 8.08. The zero-order chi connectivity index (χ0) is 17.6. The molecule has 25 heavy (non-hydrogen) atoms. The van der Waals surface area contributed by atoms with Crippen LogP contribution in [0.2, 0.25) is 0 Å². The van der Waals surface area contributed by atoms with E-state index in [1.807, 2.05) is 0 Å². The first-order chi connectivity index (χ1) is 12.1. The van der Waals surface area contributed by atoms with Crippen molar-refractivity contribution in [2.75, 3.05) is 18.4 Å². The summed E-state index contributed by atoms with van der Waals surface area (Å²) in [6, 6.07) is 10.4. The third kappa shape index (κ3) is 4.47. The molecule has 2 N–H and O–H groups in total. The Labute approximate surface area is 145 Å². The van der Waals surface area contributed by atoms with Gasteiger partial charge in [0.1, 0.15) is 11.5 Å². The minimum absolute atomic E-state index is 0.232. The van der Waals surface area contributed by atoms with Crippen LogP contribution in [0.3, 0.4) is 0 Å². The van der Waals surface area contributed by atoms with E-state index in [1.54, 1.807) is 53.7 Å². The number of carboxylic acid groups (broad SMARTS) is 1. The zero-order valence-electron chi connectivity index (χ0n) is 13.6. The molecule has 1 aromatic carbocycles. The highest BCUT2D eigenvalue weighted by molar-refractivity contribution is 5.89. The van der Waals surface area contributed by atoms with Gasteiger partial charge < -0.3 is 20.1 Å². The number of hydrogen-bond donors (Lipinski definition) is 2. The van der Waals surface area contributed by atoms with E-state index in [0.717, 1.165) is 0 Å². The lowest BCUT2D eigenvalue weighted by Gasteiger charge is -2.30. The van der Waals surface area contributed by atoms with Crippen LogP contribution in [-0.4, -0.2) is 40.1 Å². The van der Waals surface area contributed by atoms with Gasteiger partial charge in [-0.25, -0.2) is 4.79 Å². The largest absolute Gasteiger partial charge is 0.481 e. The fraction of sp³-hybridized carbons (Fsp3) is 0.278. The number of carboxylic acids is 1. The van der Waals surface area contributed by atoms with Crippen molar-refractivity contribution in [1.29, 1.82) is 0 Å². The lowest BCUT2D eigenvalue weighted by molar-refractivity contribution is -0.143. The maximum absolute atomic E-state index is 12.3.